The monoisotopic (exact) mass is 309 g/mol. The van der Waals surface area contributed by atoms with Crippen LogP contribution >= 0.6 is 22.9 Å². The van der Waals surface area contributed by atoms with Crippen molar-refractivity contribution in [3.05, 3.63) is 15.6 Å². The van der Waals surface area contributed by atoms with Crippen molar-refractivity contribution in [2.24, 2.45) is 0 Å². The molecule has 1 aliphatic rings. The van der Waals surface area contributed by atoms with Crippen LogP contribution in [-0.2, 0) is 0 Å². The van der Waals surface area contributed by atoms with Gasteiger partial charge in [0.25, 0.3) is 0 Å². The number of rotatable bonds is 2. The van der Waals surface area contributed by atoms with Crippen molar-refractivity contribution in [3.63, 3.8) is 0 Å². The molecule has 1 fully saturated rings. The van der Waals surface area contributed by atoms with Gasteiger partial charge in [-0.1, -0.05) is 18.5 Å². The third-order valence-electron chi connectivity index (χ3n) is 4.33. The molecule has 108 valence electrons. The molecule has 0 spiro atoms. The Morgan fingerprint density at radius 2 is 2.10 bits per heavy atom. The molecule has 0 N–H and O–H groups in total. The van der Waals surface area contributed by atoms with E-state index >= 15 is 0 Å². The van der Waals surface area contributed by atoms with E-state index < -0.39 is 0 Å². The minimum atomic E-state index is 0.555. The third kappa shape index (κ3) is 2.29. The van der Waals surface area contributed by atoms with Gasteiger partial charge >= 0.3 is 0 Å². The summed E-state index contributed by atoms with van der Waals surface area (Å²) in [4.78, 5) is 14.0. The highest BCUT2D eigenvalue weighted by Crippen LogP contribution is 2.35. The maximum absolute atomic E-state index is 6.42. The Labute approximate surface area is 129 Å². The molecule has 20 heavy (non-hydrogen) atoms. The summed E-state index contributed by atoms with van der Waals surface area (Å²) in [5.41, 5.74) is 1.22. The minimum absolute atomic E-state index is 0.555. The van der Waals surface area contributed by atoms with E-state index in [9.17, 15) is 0 Å². The lowest BCUT2D eigenvalue weighted by Crippen LogP contribution is -2.40. The number of aryl methyl sites for hydroxylation is 2. The standard InChI is InChI=1S/C15H20ClN3S/c1-4-11-7-5-6-8-19(11)15-17-13(16)12-9(2)10(3)20-14(12)18-15/h11H,4-8H2,1-3H3. The van der Waals surface area contributed by atoms with Crippen molar-refractivity contribution in [1.29, 1.82) is 0 Å². The summed E-state index contributed by atoms with van der Waals surface area (Å²) in [5.74, 6) is 0.815. The Hall–Kier alpha value is -0.870. The minimum Gasteiger partial charge on any atom is -0.338 e. The molecule has 3 rings (SSSR count). The Bertz CT molecular complexity index is 638. The maximum Gasteiger partial charge on any atom is 0.228 e. The van der Waals surface area contributed by atoms with E-state index in [1.54, 1.807) is 11.3 Å². The molecule has 1 atom stereocenters. The summed E-state index contributed by atoms with van der Waals surface area (Å²) in [6.07, 6.45) is 4.90. The summed E-state index contributed by atoms with van der Waals surface area (Å²) >= 11 is 8.14. The first-order valence-corrected chi connectivity index (χ1v) is 8.51. The first-order valence-electron chi connectivity index (χ1n) is 7.31. The molecule has 1 aliphatic heterocycles. The number of hydrogen-bond acceptors (Lipinski definition) is 4. The van der Waals surface area contributed by atoms with Gasteiger partial charge in [-0.05, 0) is 45.1 Å². The molecule has 3 heterocycles. The zero-order valence-electron chi connectivity index (χ0n) is 12.2. The normalized spacial score (nSPS) is 19.8. The van der Waals surface area contributed by atoms with Gasteiger partial charge in [0, 0.05) is 17.5 Å². The predicted molar refractivity (Wildman–Crippen MR) is 87.2 cm³/mol. The van der Waals surface area contributed by atoms with Crippen LogP contribution in [0.5, 0.6) is 0 Å². The Balaban J connectivity index is 2.08. The Kier molecular flexibility index (Phi) is 3.87. The van der Waals surface area contributed by atoms with E-state index in [1.807, 2.05) is 0 Å². The average molecular weight is 310 g/mol. The van der Waals surface area contributed by atoms with E-state index in [0.717, 1.165) is 29.1 Å². The summed E-state index contributed by atoms with van der Waals surface area (Å²) in [6, 6.07) is 0.555. The summed E-state index contributed by atoms with van der Waals surface area (Å²) in [5, 5.41) is 1.63. The highest BCUT2D eigenvalue weighted by molar-refractivity contribution is 7.18. The van der Waals surface area contributed by atoms with E-state index in [2.05, 4.69) is 30.7 Å². The molecule has 2 aromatic heterocycles. The summed E-state index contributed by atoms with van der Waals surface area (Å²) in [6.45, 7) is 7.50. The number of nitrogens with zero attached hydrogens (tertiary/aromatic N) is 3. The fraction of sp³-hybridized carbons (Fsp3) is 0.600. The van der Waals surface area contributed by atoms with E-state index in [4.69, 9.17) is 16.6 Å². The molecule has 1 unspecified atom stereocenters. The lowest BCUT2D eigenvalue weighted by atomic mass is 10.0. The highest BCUT2D eigenvalue weighted by Gasteiger charge is 2.24. The van der Waals surface area contributed by atoms with Crippen molar-refractivity contribution >= 4 is 39.1 Å². The van der Waals surface area contributed by atoms with Gasteiger partial charge in [-0.25, -0.2) is 9.97 Å². The van der Waals surface area contributed by atoms with Crippen LogP contribution in [0, 0.1) is 13.8 Å². The largest absolute Gasteiger partial charge is 0.338 e. The van der Waals surface area contributed by atoms with Crippen LogP contribution in [0.3, 0.4) is 0 Å². The molecule has 0 saturated carbocycles. The molecular formula is C15H20ClN3S. The van der Waals surface area contributed by atoms with Crippen LogP contribution in [0.15, 0.2) is 0 Å². The molecule has 2 aromatic rings. The highest BCUT2D eigenvalue weighted by atomic mass is 35.5. The maximum atomic E-state index is 6.42. The Morgan fingerprint density at radius 1 is 1.30 bits per heavy atom. The van der Waals surface area contributed by atoms with Crippen LogP contribution in [0.1, 0.15) is 43.0 Å². The van der Waals surface area contributed by atoms with E-state index in [0.29, 0.717) is 11.2 Å². The quantitative estimate of drug-likeness (QED) is 0.751. The first-order chi connectivity index (χ1) is 9.61. The smallest absolute Gasteiger partial charge is 0.228 e. The van der Waals surface area contributed by atoms with E-state index in [-0.39, 0.29) is 0 Å². The zero-order chi connectivity index (χ0) is 14.3. The van der Waals surface area contributed by atoms with Gasteiger partial charge in [0.15, 0.2) is 0 Å². The van der Waals surface area contributed by atoms with Gasteiger partial charge in [0.2, 0.25) is 5.95 Å². The summed E-state index contributed by atoms with van der Waals surface area (Å²) in [7, 11) is 0. The Morgan fingerprint density at radius 3 is 2.85 bits per heavy atom. The van der Waals surface area contributed by atoms with Gasteiger partial charge < -0.3 is 4.90 Å². The predicted octanol–water partition coefficient (Wildman–Crippen LogP) is 4.73. The SMILES string of the molecule is CCC1CCCCN1c1nc(Cl)c2c(C)c(C)sc2n1. The van der Waals surface area contributed by atoms with Crippen molar-refractivity contribution in [2.75, 3.05) is 11.4 Å². The summed E-state index contributed by atoms with van der Waals surface area (Å²) < 4.78 is 0. The fourth-order valence-corrected chi connectivity index (χ4v) is 4.39. The van der Waals surface area contributed by atoms with Gasteiger partial charge in [-0.15, -0.1) is 11.3 Å². The lowest BCUT2D eigenvalue weighted by molar-refractivity contribution is 0.443. The number of thiophene rings is 1. The first kappa shape index (κ1) is 14.1. The third-order valence-corrected chi connectivity index (χ3v) is 5.70. The fourth-order valence-electron chi connectivity index (χ4n) is 3.01. The van der Waals surface area contributed by atoms with Crippen molar-refractivity contribution in [2.45, 2.75) is 52.5 Å². The second-order valence-corrected chi connectivity index (χ2v) is 7.09. The second kappa shape index (κ2) is 5.49. The number of halogens is 1. The topological polar surface area (TPSA) is 29.0 Å². The number of anilines is 1. The molecule has 0 amide bonds. The molecule has 0 aromatic carbocycles. The number of piperidine rings is 1. The molecule has 1 saturated heterocycles. The van der Waals surface area contributed by atoms with Gasteiger partial charge in [0.05, 0.1) is 5.39 Å². The van der Waals surface area contributed by atoms with Crippen LogP contribution < -0.4 is 4.90 Å². The van der Waals surface area contributed by atoms with Crippen LogP contribution in [-0.4, -0.2) is 22.6 Å². The van der Waals surface area contributed by atoms with E-state index in [1.165, 1.54) is 29.7 Å². The lowest BCUT2D eigenvalue weighted by Gasteiger charge is -2.35. The van der Waals surface area contributed by atoms with Crippen molar-refractivity contribution in [3.8, 4) is 0 Å². The number of fused-ring (bicyclic) bond motifs is 1. The molecule has 0 aliphatic carbocycles. The molecule has 0 bridgehead atoms. The average Bonchev–Trinajstić information content (AvgIpc) is 2.74. The molecule has 5 heteroatoms. The molecule has 0 radical (unpaired) electrons. The van der Waals surface area contributed by atoms with Crippen LogP contribution in [0.25, 0.3) is 10.2 Å². The second-order valence-electron chi connectivity index (χ2n) is 5.53. The molecule has 3 nitrogen and oxygen atoms in total. The van der Waals surface area contributed by atoms with Crippen LogP contribution in [0.4, 0.5) is 5.95 Å². The van der Waals surface area contributed by atoms with Gasteiger partial charge in [-0.3, -0.25) is 0 Å². The molecular weight excluding hydrogens is 290 g/mol. The van der Waals surface area contributed by atoms with Gasteiger partial charge in [-0.2, -0.15) is 0 Å². The number of aromatic nitrogens is 2. The zero-order valence-corrected chi connectivity index (χ0v) is 13.8. The van der Waals surface area contributed by atoms with Gasteiger partial charge in [0.1, 0.15) is 9.98 Å². The van der Waals surface area contributed by atoms with Crippen molar-refractivity contribution in [1.82, 2.24) is 9.97 Å². The number of hydrogen-bond donors (Lipinski definition) is 0. The van der Waals surface area contributed by atoms with Crippen LogP contribution in [0.2, 0.25) is 5.15 Å². The van der Waals surface area contributed by atoms with Crippen molar-refractivity contribution < 1.29 is 0 Å².